The average Bonchev–Trinajstić information content (AvgIpc) is 3.05. The average molecular weight is 399 g/mol. The third-order valence-electron chi connectivity index (χ3n) is 4.03. The molecule has 4 aromatic rings. The SMILES string of the molecule is Cc1ccc(S(=O)(=O)Nc2cc3nn(-c4ccccc4)nc3cc2Cl)cc1. The molecule has 6 nitrogen and oxygen atoms in total. The number of anilines is 1. The molecule has 1 heterocycles. The summed E-state index contributed by atoms with van der Waals surface area (Å²) in [7, 11) is -3.76. The number of nitrogens with one attached hydrogen (secondary N) is 1. The van der Waals surface area contributed by atoms with E-state index in [1.807, 2.05) is 37.3 Å². The summed E-state index contributed by atoms with van der Waals surface area (Å²) in [6, 6.07) is 19.2. The quantitative estimate of drug-likeness (QED) is 0.559. The topological polar surface area (TPSA) is 76.9 Å². The zero-order chi connectivity index (χ0) is 19.0. The Morgan fingerprint density at radius 1 is 0.926 bits per heavy atom. The fraction of sp³-hybridized carbons (Fsp3) is 0.0526. The summed E-state index contributed by atoms with van der Waals surface area (Å²) in [5, 5.41) is 9.05. The summed E-state index contributed by atoms with van der Waals surface area (Å²) in [6.45, 7) is 1.89. The molecular formula is C19H15ClN4O2S. The van der Waals surface area contributed by atoms with Gasteiger partial charge in [-0.2, -0.15) is 4.80 Å². The van der Waals surface area contributed by atoms with E-state index in [9.17, 15) is 8.42 Å². The number of aromatic nitrogens is 3. The Bertz CT molecular complexity index is 1220. The lowest BCUT2D eigenvalue weighted by molar-refractivity contribution is 0.601. The van der Waals surface area contributed by atoms with E-state index in [1.165, 1.54) is 4.80 Å². The van der Waals surface area contributed by atoms with Gasteiger partial charge in [-0.3, -0.25) is 4.72 Å². The molecule has 3 aromatic carbocycles. The maximum absolute atomic E-state index is 12.6. The number of hydrogen-bond acceptors (Lipinski definition) is 4. The van der Waals surface area contributed by atoms with Crippen LogP contribution in [0.1, 0.15) is 5.56 Å². The van der Waals surface area contributed by atoms with Crippen molar-refractivity contribution in [1.29, 1.82) is 0 Å². The van der Waals surface area contributed by atoms with Gasteiger partial charge in [0.1, 0.15) is 11.0 Å². The van der Waals surface area contributed by atoms with Gasteiger partial charge in [0.05, 0.1) is 21.3 Å². The van der Waals surface area contributed by atoms with Crippen molar-refractivity contribution in [3.63, 3.8) is 0 Å². The molecule has 0 bridgehead atoms. The Hall–Kier alpha value is -2.90. The molecule has 0 atom stereocenters. The monoisotopic (exact) mass is 398 g/mol. The highest BCUT2D eigenvalue weighted by atomic mass is 35.5. The number of aryl methyl sites for hydroxylation is 1. The molecule has 1 N–H and O–H groups in total. The molecule has 0 unspecified atom stereocenters. The Morgan fingerprint density at radius 3 is 2.22 bits per heavy atom. The normalized spacial score (nSPS) is 11.6. The third-order valence-corrected chi connectivity index (χ3v) is 5.73. The van der Waals surface area contributed by atoms with Gasteiger partial charge >= 0.3 is 0 Å². The van der Waals surface area contributed by atoms with Gasteiger partial charge < -0.3 is 0 Å². The lowest BCUT2D eigenvalue weighted by atomic mass is 10.2. The lowest BCUT2D eigenvalue weighted by Gasteiger charge is -2.09. The molecule has 0 spiro atoms. The minimum atomic E-state index is -3.76. The molecule has 0 saturated heterocycles. The van der Waals surface area contributed by atoms with Gasteiger partial charge in [-0.25, -0.2) is 8.42 Å². The number of sulfonamides is 1. The van der Waals surface area contributed by atoms with Crippen molar-refractivity contribution in [3.05, 3.63) is 77.3 Å². The Kier molecular flexibility index (Phi) is 4.33. The van der Waals surface area contributed by atoms with Crippen molar-refractivity contribution in [1.82, 2.24) is 15.0 Å². The van der Waals surface area contributed by atoms with Crippen molar-refractivity contribution in [2.45, 2.75) is 11.8 Å². The van der Waals surface area contributed by atoms with E-state index >= 15 is 0 Å². The Morgan fingerprint density at radius 2 is 1.56 bits per heavy atom. The number of hydrogen-bond donors (Lipinski definition) is 1. The number of nitrogens with zero attached hydrogens (tertiary/aromatic N) is 3. The van der Waals surface area contributed by atoms with Crippen LogP contribution in [-0.2, 0) is 10.0 Å². The van der Waals surface area contributed by atoms with Crippen molar-refractivity contribution in [2.75, 3.05) is 4.72 Å². The molecule has 0 fully saturated rings. The van der Waals surface area contributed by atoms with E-state index in [-0.39, 0.29) is 15.6 Å². The van der Waals surface area contributed by atoms with E-state index in [2.05, 4.69) is 14.9 Å². The van der Waals surface area contributed by atoms with Gasteiger partial charge in [-0.1, -0.05) is 47.5 Å². The first-order valence-electron chi connectivity index (χ1n) is 8.14. The van der Waals surface area contributed by atoms with Crippen LogP contribution in [0.2, 0.25) is 5.02 Å². The van der Waals surface area contributed by atoms with E-state index in [0.29, 0.717) is 11.0 Å². The second-order valence-corrected chi connectivity index (χ2v) is 8.15. The van der Waals surface area contributed by atoms with Crippen LogP contribution in [0, 0.1) is 6.92 Å². The summed E-state index contributed by atoms with van der Waals surface area (Å²) in [6.07, 6.45) is 0. The van der Waals surface area contributed by atoms with Gasteiger partial charge in [-0.05, 0) is 43.3 Å². The zero-order valence-corrected chi connectivity index (χ0v) is 15.9. The maximum Gasteiger partial charge on any atom is 0.261 e. The van der Waals surface area contributed by atoms with Crippen LogP contribution in [0.4, 0.5) is 5.69 Å². The van der Waals surface area contributed by atoms with Crippen LogP contribution in [-0.4, -0.2) is 23.4 Å². The van der Waals surface area contributed by atoms with E-state index in [4.69, 9.17) is 11.6 Å². The highest BCUT2D eigenvalue weighted by Crippen LogP contribution is 2.29. The summed E-state index contributed by atoms with van der Waals surface area (Å²) in [5.41, 5.74) is 3.13. The molecule has 0 saturated carbocycles. The molecule has 8 heteroatoms. The highest BCUT2D eigenvalue weighted by molar-refractivity contribution is 7.92. The number of rotatable bonds is 4. The Balaban J connectivity index is 1.72. The molecule has 1 aromatic heterocycles. The molecule has 27 heavy (non-hydrogen) atoms. The minimum absolute atomic E-state index is 0.164. The molecule has 0 aliphatic rings. The first-order chi connectivity index (χ1) is 12.9. The third kappa shape index (κ3) is 3.51. The molecule has 0 aliphatic heterocycles. The molecule has 4 rings (SSSR count). The fourth-order valence-corrected chi connectivity index (χ4v) is 3.95. The minimum Gasteiger partial charge on any atom is -0.278 e. The van der Waals surface area contributed by atoms with Crippen molar-refractivity contribution in [2.24, 2.45) is 0 Å². The number of halogens is 1. The van der Waals surface area contributed by atoms with Crippen LogP contribution >= 0.6 is 11.6 Å². The smallest absolute Gasteiger partial charge is 0.261 e. The fourth-order valence-electron chi connectivity index (χ4n) is 2.61. The van der Waals surface area contributed by atoms with Crippen LogP contribution in [0.15, 0.2) is 71.6 Å². The van der Waals surface area contributed by atoms with E-state index < -0.39 is 10.0 Å². The van der Waals surface area contributed by atoms with Crippen LogP contribution in [0.25, 0.3) is 16.7 Å². The predicted octanol–water partition coefficient (Wildman–Crippen LogP) is 4.18. The van der Waals surface area contributed by atoms with Gasteiger partial charge in [0.2, 0.25) is 0 Å². The van der Waals surface area contributed by atoms with Crippen LogP contribution < -0.4 is 4.72 Å². The maximum atomic E-state index is 12.6. The summed E-state index contributed by atoms with van der Waals surface area (Å²) < 4.78 is 27.8. The van der Waals surface area contributed by atoms with Crippen LogP contribution in [0.3, 0.4) is 0 Å². The van der Waals surface area contributed by atoms with Gasteiger partial charge in [0, 0.05) is 0 Å². The van der Waals surface area contributed by atoms with E-state index in [1.54, 1.807) is 36.4 Å². The molecule has 0 aliphatic carbocycles. The first-order valence-corrected chi connectivity index (χ1v) is 10.00. The van der Waals surface area contributed by atoms with E-state index in [0.717, 1.165) is 11.3 Å². The highest BCUT2D eigenvalue weighted by Gasteiger charge is 2.17. The second kappa shape index (κ2) is 6.68. The summed E-state index contributed by atoms with van der Waals surface area (Å²) in [4.78, 5) is 1.65. The van der Waals surface area contributed by atoms with Crippen LogP contribution in [0.5, 0.6) is 0 Å². The lowest BCUT2D eigenvalue weighted by Crippen LogP contribution is -2.13. The molecule has 0 radical (unpaired) electrons. The first kappa shape index (κ1) is 17.5. The standard InChI is InChI=1S/C19H15ClN4O2S/c1-13-7-9-15(10-8-13)27(25,26)23-17-12-19-18(11-16(17)20)21-24(22-19)14-5-3-2-4-6-14/h2-12,23H,1H3. The Labute approximate surface area is 161 Å². The van der Waals surface area contributed by atoms with Crippen molar-refractivity contribution < 1.29 is 8.42 Å². The molecule has 0 amide bonds. The van der Waals surface area contributed by atoms with Gasteiger partial charge in [0.25, 0.3) is 10.0 Å². The number of benzene rings is 3. The predicted molar refractivity (Wildman–Crippen MR) is 106 cm³/mol. The second-order valence-electron chi connectivity index (χ2n) is 6.06. The number of para-hydroxylation sites is 1. The summed E-state index contributed by atoms with van der Waals surface area (Å²) >= 11 is 6.27. The van der Waals surface area contributed by atoms with Crippen molar-refractivity contribution >= 4 is 38.3 Å². The largest absolute Gasteiger partial charge is 0.278 e. The summed E-state index contributed by atoms with van der Waals surface area (Å²) in [5.74, 6) is 0. The molecule has 136 valence electrons. The molecular weight excluding hydrogens is 384 g/mol. The van der Waals surface area contributed by atoms with Gasteiger partial charge in [-0.15, -0.1) is 10.2 Å². The van der Waals surface area contributed by atoms with Gasteiger partial charge in [0.15, 0.2) is 0 Å². The zero-order valence-electron chi connectivity index (χ0n) is 14.3. The van der Waals surface area contributed by atoms with Crippen molar-refractivity contribution in [3.8, 4) is 5.69 Å². The number of fused-ring (bicyclic) bond motifs is 1.